The van der Waals surface area contributed by atoms with Crippen LogP contribution >= 0.6 is 0 Å². The van der Waals surface area contributed by atoms with Gasteiger partial charge >= 0.3 is 0 Å². The van der Waals surface area contributed by atoms with Crippen molar-refractivity contribution in [2.45, 2.75) is 19.3 Å². The Kier molecular flexibility index (Phi) is 5.52. The van der Waals surface area contributed by atoms with Gasteiger partial charge in [0, 0.05) is 11.1 Å². The summed E-state index contributed by atoms with van der Waals surface area (Å²) in [6, 6.07) is 11.7. The van der Waals surface area contributed by atoms with Crippen LogP contribution in [-0.4, -0.2) is 24.1 Å². The lowest BCUT2D eigenvalue weighted by molar-refractivity contribution is -0.125. The number of nitrogens with one attached hydrogen (secondary N) is 2. The van der Waals surface area contributed by atoms with Crippen LogP contribution in [0.4, 0.5) is 10.1 Å². The maximum Gasteiger partial charge on any atom is 0.271 e. The van der Waals surface area contributed by atoms with Crippen LogP contribution in [0, 0.1) is 5.82 Å². The smallest absolute Gasteiger partial charge is 0.271 e. The van der Waals surface area contributed by atoms with E-state index in [9.17, 15) is 14.0 Å². The Morgan fingerprint density at radius 3 is 2.41 bits per heavy atom. The van der Waals surface area contributed by atoms with Crippen molar-refractivity contribution >= 4 is 17.5 Å². The molecule has 0 radical (unpaired) electrons. The van der Waals surface area contributed by atoms with Gasteiger partial charge in [-0.25, -0.2) is 9.87 Å². The molecule has 0 heterocycles. The molecule has 0 spiro atoms. The monoisotopic (exact) mass is 370 g/mol. The number of ether oxygens (including phenoxy) is 1. The van der Waals surface area contributed by atoms with Gasteiger partial charge in [0.25, 0.3) is 11.8 Å². The Hall–Kier alpha value is -3.19. The predicted molar refractivity (Wildman–Crippen MR) is 97.8 cm³/mol. The summed E-state index contributed by atoms with van der Waals surface area (Å²) in [5.74, 6) is -1.17. The first-order valence-electron chi connectivity index (χ1n) is 8.45. The SMILES string of the molecule is COc1cccc(-c2ccc(NC(=O)C3=C(C(=O)NO)CCC3)c(F)c2)c1. The second-order valence-corrected chi connectivity index (χ2v) is 6.13. The number of hydroxylamine groups is 1. The first-order chi connectivity index (χ1) is 13.0. The molecule has 3 rings (SSSR count). The molecule has 27 heavy (non-hydrogen) atoms. The molecule has 2 aromatic rings. The molecule has 3 N–H and O–H groups in total. The Morgan fingerprint density at radius 2 is 1.74 bits per heavy atom. The standard InChI is InChI=1S/C20H19FN2O4/c1-27-14-5-2-4-12(10-14)13-8-9-18(17(21)11-13)22-19(24)15-6-3-7-16(15)20(25)23-26/h2,4-5,8-11,26H,3,6-7H2,1H3,(H,22,24)(H,23,25). The quantitative estimate of drug-likeness (QED) is 0.556. The van der Waals surface area contributed by atoms with E-state index in [0.717, 1.165) is 5.56 Å². The molecule has 0 bridgehead atoms. The van der Waals surface area contributed by atoms with Crippen molar-refractivity contribution in [3.05, 3.63) is 59.4 Å². The first-order valence-corrected chi connectivity index (χ1v) is 8.45. The highest BCUT2D eigenvalue weighted by Crippen LogP contribution is 2.30. The zero-order valence-corrected chi connectivity index (χ0v) is 14.7. The van der Waals surface area contributed by atoms with Crippen LogP contribution in [0.1, 0.15) is 19.3 Å². The number of hydrogen-bond donors (Lipinski definition) is 3. The van der Waals surface area contributed by atoms with Crippen LogP contribution < -0.4 is 15.5 Å². The molecule has 1 aliphatic carbocycles. The lowest BCUT2D eigenvalue weighted by atomic mass is 10.0. The van der Waals surface area contributed by atoms with Gasteiger partial charge in [-0.05, 0) is 54.7 Å². The number of methoxy groups -OCH3 is 1. The zero-order chi connectivity index (χ0) is 19.4. The van der Waals surface area contributed by atoms with Crippen LogP contribution in [0.15, 0.2) is 53.6 Å². The number of benzene rings is 2. The second kappa shape index (κ2) is 8.01. The summed E-state index contributed by atoms with van der Waals surface area (Å²) in [7, 11) is 1.56. The average Bonchev–Trinajstić information content (AvgIpc) is 3.19. The van der Waals surface area contributed by atoms with Gasteiger partial charge < -0.3 is 10.1 Å². The molecule has 6 nitrogen and oxygen atoms in total. The summed E-state index contributed by atoms with van der Waals surface area (Å²) in [6.45, 7) is 0. The van der Waals surface area contributed by atoms with Crippen LogP contribution in [-0.2, 0) is 9.59 Å². The fraction of sp³-hybridized carbons (Fsp3) is 0.200. The van der Waals surface area contributed by atoms with Crippen molar-refractivity contribution in [3.8, 4) is 16.9 Å². The predicted octanol–water partition coefficient (Wildman–Crippen LogP) is 3.43. The van der Waals surface area contributed by atoms with E-state index in [4.69, 9.17) is 9.94 Å². The number of carbonyl (C=O) groups is 2. The van der Waals surface area contributed by atoms with E-state index in [1.807, 2.05) is 12.1 Å². The molecule has 0 atom stereocenters. The second-order valence-electron chi connectivity index (χ2n) is 6.13. The van der Waals surface area contributed by atoms with Crippen molar-refractivity contribution in [3.63, 3.8) is 0 Å². The van der Waals surface area contributed by atoms with E-state index in [0.29, 0.717) is 30.6 Å². The van der Waals surface area contributed by atoms with Crippen molar-refractivity contribution < 1.29 is 23.9 Å². The Morgan fingerprint density at radius 1 is 1.04 bits per heavy atom. The highest BCUT2D eigenvalue weighted by molar-refractivity contribution is 6.10. The van der Waals surface area contributed by atoms with Gasteiger partial charge in [0.15, 0.2) is 0 Å². The van der Waals surface area contributed by atoms with Crippen molar-refractivity contribution in [1.82, 2.24) is 5.48 Å². The Bertz CT molecular complexity index is 924. The molecule has 0 saturated heterocycles. The number of carbonyl (C=O) groups excluding carboxylic acids is 2. The molecule has 1 aliphatic rings. The molecule has 0 aromatic heterocycles. The highest BCUT2D eigenvalue weighted by Gasteiger charge is 2.26. The molecule has 2 aromatic carbocycles. The van der Waals surface area contributed by atoms with Gasteiger partial charge in [-0.15, -0.1) is 0 Å². The Balaban J connectivity index is 1.82. The fourth-order valence-corrected chi connectivity index (χ4v) is 3.11. The highest BCUT2D eigenvalue weighted by atomic mass is 19.1. The third kappa shape index (κ3) is 3.98. The summed E-state index contributed by atoms with van der Waals surface area (Å²) in [5.41, 5.74) is 3.48. The van der Waals surface area contributed by atoms with Gasteiger partial charge in [0.2, 0.25) is 0 Å². The van der Waals surface area contributed by atoms with Gasteiger partial charge in [-0.3, -0.25) is 14.8 Å². The van der Waals surface area contributed by atoms with E-state index < -0.39 is 17.6 Å². The summed E-state index contributed by atoms with van der Waals surface area (Å²) in [4.78, 5) is 24.0. The molecular weight excluding hydrogens is 351 g/mol. The lowest BCUT2D eigenvalue weighted by Gasteiger charge is -2.11. The molecule has 0 aliphatic heterocycles. The van der Waals surface area contributed by atoms with Crippen LogP contribution in [0.2, 0.25) is 0 Å². The van der Waals surface area contributed by atoms with Crippen LogP contribution in [0.3, 0.4) is 0 Å². The van der Waals surface area contributed by atoms with Crippen molar-refractivity contribution in [2.24, 2.45) is 0 Å². The average molecular weight is 370 g/mol. The zero-order valence-electron chi connectivity index (χ0n) is 14.7. The largest absolute Gasteiger partial charge is 0.497 e. The number of rotatable bonds is 5. The minimum atomic E-state index is -0.702. The van der Waals surface area contributed by atoms with E-state index in [-0.39, 0.29) is 16.8 Å². The summed E-state index contributed by atoms with van der Waals surface area (Å²) >= 11 is 0. The molecule has 2 amide bonds. The lowest BCUT2D eigenvalue weighted by Crippen LogP contribution is -2.23. The van der Waals surface area contributed by atoms with E-state index in [1.165, 1.54) is 12.1 Å². The molecule has 7 heteroatoms. The van der Waals surface area contributed by atoms with Crippen molar-refractivity contribution in [2.75, 3.05) is 12.4 Å². The van der Waals surface area contributed by atoms with Gasteiger partial charge in [0.05, 0.1) is 12.8 Å². The molecule has 0 fully saturated rings. The van der Waals surface area contributed by atoms with Crippen LogP contribution in [0.5, 0.6) is 5.75 Å². The minimum Gasteiger partial charge on any atom is -0.497 e. The van der Waals surface area contributed by atoms with E-state index >= 15 is 0 Å². The molecule has 0 saturated carbocycles. The van der Waals surface area contributed by atoms with Crippen molar-refractivity contribution in [1.29, 1.82) is 0 Å². The molecule has 0 unspecified atom stereocenters. The van der Waals surface area contributed by atoms with Crippen LogP contribution in [0.25, 0.3) is 11.1 Å². The fourth-order valence-electron chi connectivity index (χ4n) is 3.11. The number of anilines is 1. The summed E-state index contributed by atoms with van der Waals surface area (Å²) < 4.78 is 19.7. The minimum absolute atomic E-state index is 0.0230. The third-order valence-electron chi connectivity index (χ3n) is 4.49. The number of amides is 2. The third-order valence-corrected chi connectivity index (χ3v) is 4.49. The number of halogens is 1. The summed E-state index contributed by atoms with van der Waals surface area (Å²) in [5, 5.41) is 11.3. The maximum atomic E-state index is 14.5. The summed E-state index contributed by atoms with van der Waals surface area (Å²) in [6.07, 6.45) is 1.42. The van der Waals surface area contributed by atoms with Gasteiger partial charge in [0.1, 0.15) is 11.6 Å². The molecular formula is C20H19FN2O4. The maximum absolute atomic E-state index is 14.5. The van der Waals surface area contributed by atoms with E-state index in [2.05, 4.69) is 5.32 Å². The van der Waals surface area contributed by atoms with Gasteiger partial charge in [-0.1, -0.05) is 18.2 Å². The topological polar surface area (TPSA) is 87.7 Å². The number of hydrogen-bond acceptors (Lipinski definition) is 4. The molecule has 140 valence electrons. The van der Waals surface area contributed by atoms with Gasteiger partial charge in [-0.2, -0.15) is 0 Å². The van der Waals surface area contributed by atoms with E-state index in [1.54, 1.807) is 30.8 Å². The normalized spacial score (nSPS) is 13.4. The Labute approximate surface area is 155 Å². The first kappa shape index (κ1) is 18.6.